The van der Waals surface area contributed by atoms with Gasteiger partial charge in [-0.2, -0.15) is 0 Å². The topological polar surface area (TPSA) is 102 Å². The fourth-order valence-corrected chi connectivity index (χ4v) is 7.15. The summed E-state index contributed by atoms with van der Waals surface area (Å²) in [6.07, 6.45) is 66.9. The first-order chi connectivity index (χ1) is 32.6. The maximum absolute atomic E-state index is 12.8. The summed E-state index contributed by atoms with van der Waals surface area (Å²) in [5.74, 6) is -1.77. The van der Waals surface area contributed by atoms with Crippen molar-refractivity contribution in [2.75, 3.05) is 41.0 Å². The summed E-state index contributed by atoms with van der Waals surface area (Å²) in [5, 5.41) is 11.7. The number of esters is 2. The zero-order chi connectivity index (χ0) is 49.2. The Balaban J connectivity index is 4.29. The second-order valence-electron chi connectivity index (χ2n) is 18.3. The van der Waals surface area contributed by atoms with Crippen molar-refractivity contribution in [1.29, 1.82) is 0 Å². The lowest BCUT2D eigenvalue weighted by Crippen LogP contribution is -2.55. The Labute approximate surface area is 410 Å². The van der Waals surface area contributed by atoms with E-state index in [0.717, 1.165) is 122 Å². The molecule has 0 aromatic heterocycles. The van der Waals surface area contributed by atoms with E-state index in [1.165, 1.54) is 38.5 Å². The molecule has 0 aliphatic rings. The average Bonchev–Trinajstić information content (AvgIpc) is 3.29. The van der Waals surface area contributed by atoms with Gasteiger partial charge in [0.15, 0.2) is 6.10 Å². The lowest BCUT2D eigenvalue weighted by atomic mass is 10.1. The minimum atomic E-state index is -1.13. The van der Waals surface area contributed by atoms with Gasteiger partial charge in [0.2, 0.25) is 0 Å². The number of nitrogens with zero attached hydrogens (tertiary/aromatic N) is 1. The van der Waals surface area contributed by atoms with Gasteiger partial charge in [-0.3, -0.25) is 9.59 Å². The van der Waals surface area contributed by atoms with Gasteiger partial charge in [-0.05, 0) is 96.3 Å². The van der Waals surface area contributed by atoms with Crippen molar-refractivity contribution in [1.82, 2.24) is 0 Å². The number of ether oxygens (including phenoxy) is 3. The molecule has 0 amide bonds. The Kier molecular flexibility index (Phi) is 45.5. The highest BCUT2D eigenvalue weighted by Gasteiger charge is 2.25. The Morgan fingerprint density at radius 2 is 0.791 bits per heavy atom. The Morgan fingerprint density at radius 3 is 1.16 bits per heavy atom. The summed E-state index contributed by atoms with van der Waals surface area (Å²) in [7, 11) is 5.40. The van der Waals surface area contributed by atoms with E-state index >= 15 is 0 Å². The van der Waals surface area contributed by atoms with Gasteiger partial charge >= 0.3 is 11.9 Å². The van der Waals surface area contributed by atoms with Gasteiger partial charge in [0.25, 0.3) is 0 Å². The molecular weight excluding hydrogens is 835 g/mol. The first-order valence-electron chi connectivity index (χ1n) is 26.4. The molecule has 0 saturated heterocycles. The molecule has 0 bridgehead atoms. The van der Waals surface area contributed by atoms with Gasteiger partial charge in [-0.15, -0.1) is 0 Å². The molecule has 2 unspecified atom stereocenters. The van der Waals surface area contributed by atoms with E-state index in [-0.39, 0.29) is 42.7 Å². The molecule has 0 radical (unpaired) electrons. The molecule has 0 aliphatic heterocycles. The fraction of sp³-hybridized carbons (Fsp3) is 0.644. The monoisotopic (exact) mass is 932 g/mol. The van der Waals surface area contributed by atoms with Crippen LogP contribution in [0.4, 0.5) is 0 Å². The molecule has 0 aromatic rings. The smallest absolute Gasteiger partial charge is 0.306 e. The van der Waals surface area contributed by atoms with Gasteiger partial charge in [0, 0.05) is 19.3 Å². The molecule has 2 atom stereocenters. The largest absolute Gasteiger partial charge is 0.544 e. The van der Waals surface area contributed by atoms with Crippen molar-refractivity contribution >= 4 is 17.9 Å². The van der Waals surface area contributed by atoms with Crippen molar-refractivity contribution < 1.29 is 38.2 Å². The van der Waals surface area contributed by atoms with Crippen LogP contribution < -0.4 is 5.11 Å². The third-order valence-electron chi connectivity index (χ3n) is 11.2. The number of carboxylic acid groups (broad SMARTS) is 1. The van der Waals surface area contributed by atoms with Crippen molar-refractivity contribution in [2.24, 2.45) is 0 Å². The number of carbonyl (C=O) groups is 3. The van der Waals surface area contributed by atoms with Crippen LogP contribution in [-0.2, 0) is 28.6 Å². The summed E-state index contributed by atoms with van der Waals surface area (Å²) >= 11 is 0. The number of carboxylic acids is 1. The molecule has 380 valence electrons. The number of likely N-dealkylation sites (N-methyl/N-ethyl adjacent to an activating group) is 1. The van der Waals surface area contributed by atoms with Crippen LogP contribution in [0.3, 0.4) is 0 Å². The molecule has 0 fully saturated rings. The molecule has 0 spiro atoms. The molecule has 0 rings (SSSR count). The van der Waals surface area contributed by atoms with E-state index in [1.54, 1.807) is 21.1 Å². The van der Waals surface area contributed by atoms with Gasteiger partial charge in [0.05, 0.1) is 40.3 Å². The SMILES string of the molecule is CC/C=C/C/C=C/C/C=C/C/C=C/C/C=C/CCCCCCCCCC(=O)OCC(COCCC(C(=O)[O-])[N+](C)(C)C)OC(=O)CCCCCCCCC/C=C/C/C=C/C/C=C/C/C=C/CC. The van der Waals surface area contributed by atoms with E-state index in [9.17, 15) is 19.5 Å². The average molecular weight is 932 g/mol. The highest BCUT2D eigenvalue weighted by atomic mass is 16.6. The van der Waals surface area contributed by atoms with Crippen LogP contribution in [0.5, 0.6) is 0 Å². The maximum atomic E-state index is 12.8. The van der Waals surface area contributed by atoms with E-state index < -0.39 is 18.1 Å². The first kappa shape index (κ1) is 63.0. The zero-order valence-corrected chi connectivity index (χ0v) is 43.3. The standard InChI is InChI=1S/C59H97NO7/c1-6-8-10-12-14-16-18-20-22-24-26-28-29-30-32-33-35-37-39-41-43-45-47-49-57(61)66-54-55(53-65-52-51-56(59(63)64)60(3,4)5)67-58(62)50-48-46-44-42-40-38-36-34-31-27-25-23-21-19-17-15-13-11-9-7-2/h8-11,14-17,20-23,26-28,30-32,55-56H,6-7,12-13,18-19,24-25,29,33-54H2,1-5H3/b10-8+,11-9+,16-14+,17-15+,22-20+,23-21+,28-26+,31-27+,32-30+. The van der Waals surface area contributed by atoms with Gasteiger partial charge in [-0.1, -0.05) is 187 Å². The maximum Gasteiger partial charge on any atom is 0.306 e. The molecule has 0 aliphatic carbocycles. The number of allylic oxidation sites excluding steroid dienone is 18. The third-order valence-corrected chi connectivity index (χ3v) is 11.2. The van der Waals surface area contributed by atoms with Crippen LogP contribution in [0.25, 0.3) is 0 Å². The Hall–Kier alpha value is -4.01. The fourth-order valence-electron chi connectivity index (χ4n) is 7.15. The molecule has 8 nitrogen and oxygen atoms in total. The zero-order valence-electron chi connectivity index (χ0n) is 43.3. The molecule has 0 heterocycles. The van der Waals surface area contributed by atoms with Crippen LogP contribution >= 0.6 is 0 Å². The molecule has 67 heavy (non-hydrogen) atoms. The molecule has 0 N–H and O–H groups in total. The summed E-state index contributed by atoms with van der Waals surface area (Å²) in [6.45, 7) is 4.41. The highest BCUT2D eigenvalue weighted by molar-refractivity contribution is 5.70. The predicted octanol–water partition coefficient (Wildman–Crippen LogP) is 14.3. The normalized spacial score (nSPS) is 13.7. The number of unbranched alkanes of at least 4 members (excludes halogenated alkanes) is 14. The minimum absolute atomic E-state index is 0.0257. The molecule has 0 saturated carbocycles. The number of rotatable bonds is 46. The lowest BCUT2D eigenvalue weighted by molar-refractivity contribution is -0.889. The number of aliphatic carboxylic acids is 1. The second kappa shape index (κ2) is 48.4. The summed E-state index contributed by atoms with van der Waals surface area (Å²) in [6, 6.07) is -0.737. The number of hydrogen-bond acceptors (Lipinski definition) is 7. The Bertz CT molecular complexity index is 1460. The summed E-state index contributed by atoms with van der Waals surface area (Å²) < 4.78 is 17.2. The second-order valence-corrected chi connectivity index (χ2v) is 18.3. The summed E-state index contributed by atoms with van der Waals surface area (Å²) in [5.41, 5.74) is 0. The molecule has 8 heteroatoms. The van der Waals surface area contributed by atoms with E-state index in [4.69, 9.17) is 14.2 Å². The Morgan fingerprint density at radius 1 is 0.448 bits per heavy atom. The third kappa shape index (κ3) is 46.9. The van der Waals surface area contributed by atoms with Crippen molar-refractivity contribution in [3.05, 3.63) is 109 Å². The van der Waals surface area contributed by atoms with Gasteiger partial charge < -0.3 is 28.6 Å². The van der Waals surface area contributed by atoms with E-state index in [0.29, 0.717) is 12.8 Å². The van der Waals surface area contributed by atoms with E-state index in [1.807, 2.05) is 0 Å². The highest BCUT2D eigenvalue weighted by Crippen LogP contribution is 2.14. The number of quaternary nitrogens is 1. The van der Waals surface area contributed by atoms with Crippen LogP contribution in [0.15, 0.2) is 109 Å². The summed E-state index contributed by atoms with van der Waals surface area (Å²) in [4.78, 5) is 37.1. The molecule has 0 aromatic carbocycles. The van der Waals surface area contributed by atoms with Crippen LogP contribution in [0.1, 0.15) is 194 Å². The quantitative estimate of drug-likeness (QED) is 0.0259. The lowest BCUT2D eigenvalue weighted by Gasteiger charge is -2.34. The number of carbonyl (C=O) groups excluding carboxylic acids is 3. The van der Waals surface area contributed by atoms with Gasteiger partial charge in [0.1, 0.15) is 12.6 Å². The molecular formula is C59H97NO7. The minimum Gasteiger partial charge on any atom is -0.544 e. The predicted molar refractivity (Wildman–Crippen MR) is 281 cm³/mol. The van der Waals surface area contributed by atoms with Crippen molar-refractivity contribution in [2.45, 2.75) is 206 Å². The van der Waals surface area contributed by atoms with Gasteiger partial charge in [-0.25, -0.2) is 0 Å². The van der Waals surface area contributed by atoms with Crippen LogP contribution in [-0.4, -0.2) is 75.5 Å². The van der Waals surface area contributed by atoms with E-state index in [2.05, 4.69) is 123 Å². The van der Waals surface area contributed by atoms with Crippen LogP contribution in [0.2, 0.25) is 0 Å². The van der Waals surface area contributed by atoms with Crippen molar-refractivity contribution in [3.63, 3.8) is 0 Å². The van der Waals surface area contributed by atoms with Crippen LogP contribution in [0, 0.1) is 0 Å². The van der Waals surface area contributed by atoms with Crippen molar-refractivity contribution in [3.8, 4) is 0 Å². The number of hydrogen-bond donors (Lipinski definition) is 0. The first-order valence-corrected chi connectivity index (χ1v) is 26.4.